The molecule has 1 N–H and O–H groups in total. The Balaban J connectivity index is 1.31. The molecule has 7 heteroatoms. The molecule has 3 fully saturated rings. The molecular formula is C22H26N2O5. The first kappa shape index (κ1) is 19.6. The molecule has 1 heterocycles. The molecule has 1 aliphatic heterocycles. The van der Waals surface area contributed by atoms with Crippen LogP contribution in [0.2, 0.25) is 0 Å². The lowest BCUT2D eigenvalue weighted by Gasteiger charge is -2.23. The van der Waals surface area contributed by atoms with Gasteiger partial charge in [-0.2, -0.15) is 0 Å². The topological polar surface area (TPSA) is 92.8 Å². The van der Waals surface area contributed by atoms with Gasteiger partial charge in [-0.15, -0.1) is 0 Å². The fourth-order valence-corrected chi connectivity index (χ4v) is 5.28. The summed E-state index contributed by atoms with van der Waals surface area (Å²) in [5.74, 6) is -1.69. The van der Waals surface area contributed by atoms with Crippen LogP contribution in [-0.2, 0) is 23.9 Å². The van der Waals surface area contributed by atoms with Gasteiger partial charge in [0.1, 0.15) is 6.04 Å². The highest BCUT2D eigenvalue weighted by atomic mass is 16.5. The molecule has 1 aromatic carbocycles. The van der Waals surface area contributed by atoms with Crippen LogP contribution in [0.5, 0.6) is 0 Å². The van der Waals surface area contributed by atoms with Crippen molar-refractivity contribution in [1.29, 1.82) is 0 Å². The van der Waals surface area contributed by atoms with E-state index in [0.29, 0.717) is 0 Å². The predicted octanol–water partition coefficient (Wildman–Crippen LogP) is 1.83. The number of rotatable bonds is 6. The number of amides is 3. The normalized spacial score (nSPS) is 29.5. The van der Waals surface area contributed by atoms with E-state index < -0.39 is 24.5 Å². The van der Waals surface area contributed by atoms with E-state index >= 15 is 0 Å². The summed E-state index contributed by atoms with van der Waals surface area (Å²) in [5.41, 5.74) is 0.940. The summed E-state index contributed by atoms with van der Waals surface area (Å²) in [7, 11) is 0. The van der Waals surface area contributed by atoms with Crippen LogP contribution in [0, 0.1) is 23.7 Å². The van der Waals surface area contributed by atoms with Gasteiger partial charge in [-0.1, -0.05) is 30.3 Å². The monoisotopic (exact) mass is 398 g/mol. The van der Waals surface area contributed by atoms with Crippen LogP contribution in [0.15, 0.2) is 30.3 Å². The van der Waals surface area contributed by atoms with Gasteiger partial charge in [-0.05, 0) is 50.5 Å². The van der Waals surface area contributed by atoms with Gasteiger partial charge in [-0.3, -0.25) is 19.3 Å². The number of esters is 1. The van der Waals surface area contributed by atoms with Gasteiger partial charge in [0.25, 0.3) is 5.91 Å². The maximum absolute atomic E-state index is 12.8. The van der Waals surface area contributed by atoms with Gasteiger partial charge in [0.05, 0.1) is 17.9 Å². The molecule has 0 spiro atoms. The number of likely N-dealkylation sites (tertiary alicyclic amines) is 1. The minimum absolute atomic E-state index is 0.226. The number of carbonyl (C=O) groups excluding carboxylic acids is 4. The van der Waals surface area contributed by atoms with Gasteiger partial charge in [-0.25, -0.2) is 4.79 Å². The third-order valence-corrected chi connectivity index (χ3v) is 6.71. The van der Waals surface area contributed by atoms with Crippen LogP contribution >= 0.6 is 0 Å². The molecular weight excluding hydrogens is 372 g/mol. The van der Waals surface area contributed by atoms with Gasteiger partial charge < -0.3 is 10.1 Å². The highest BCUT2D eigenvalue weighted by molar-refractivity contribution is 6.08. The molecule has 0 unspecified atom stereocenters. The third-order valence-electron chi connectivity index (χ3n) is 6.71. The van der Waals surface area contributed by atoms with E-state index in [-0.39, 0.29) is 41.5 Å². The summed E-state index contributed by atoms with van der Waals surface area (Å²) in [6, 6.07) is 8.20. The third kappa shape index (κ3) is 3.43. The SMILES string of the molecule is C[C@H](NC(=O)COC(=O)[C@@H](C)N1C(=O)[C@@H]2[C@H]3CC[C@@H](C3)[C@@H]2C1=O)c1ccccc1. The minimum Gasteiger partial charge on any atom is -0.454 e. The number of hydrogen-bond acceptors (Lipinski definition) is 5. The molecule has 3 aliphatic rings. The van der Waals surface area contributed by atoms with Gasteiger partial charge in [0.15, 0.2) is 6.61 Å². The van der Waals surface area contributed by atoms with Crippen molar-refractivity contribution in [2.24, 2.45) is 23.7 Å². The van der Waals surface area contributed by atoms with Crippen LogP contribution in [0.4, 0.5) is 0 Å². The highest BCUT2D eigenvalue weighted by Crippen LogP contribution is 2.56. The summed E-state index contributed by atoms with van der Waals surface area (Å²) in [6.45, 7) is 2.88. The maximum Gasteiger partial charge on any atom is 0.329 e. The number of fused-ring (bicyclic) bond motifs is 5. The zero-order valence-corrected chi connectivity index (χ0v) is 16.7. The molecule has 0 radical (unpaired) electrons. The first-order chi connectivity index (χ1) is 13.9. The van der Waals surface area contributed by atoms with E-state index in [9.17, 15) is 19.2 Å². The smallest absolute Gasteiger partial charge is 0.329 e. The van der Waals surface area contributed by atoms with Crippen molar-refractivity contribution in [2.75, 3.05) is 6.61 Å². The number of ether oxygens (including phenoxy) is 1. The molecule has 29 heavy (non-hydrogen) atoms. The molecule has 3 amide bonds. The molecule has 2 saturated carbocycles. The highest BCUT2D eigenvalue weighted by Gasteiger charge is 2.62. The molecule has 1 aromatic rings. The Labute approximate surface area is 169 Å². The van der Waals surface area contributed by atoms with E-state index in [1.165, 1.54) is 6.92 Å². The number of benzene rings is 1. The summed E-state index contributed by atoms with van der Waals surface area (Å²) in [6.07, 6.45) is 2.91. The maximum atomic E-state index is 12.8. The van der Waals surface area contributed by atoms with E-state index in [0.717, 1.165) is 29.7 Å². The number of carbonyl (C=O) groups is 4. The Morgan fingerprint density at radius 1 is 1.07 bits per heavy atom. The average molecular weight is 398 g/mol. The lowest BCUT2D eigenvalue weighted by atomic mass is 9.81. The zero-order valence-electron chi connectivity index (χ0n) is 16.7. The summed E-state index contributed by atoms with van der Waals surface area (Å²) < 4.78 is 5.11. The van der Waals surface area contributed by atoms with Crippen molar-refractivity contribution in [3.63, 3.8) is 0 Å². The number of nitrogens with one attached hydrogen (secondary N) is 1. The first-order valence-corrected chi connectivity index (χ1v) is 10.3. The minimum atomic E-state index is -1.01. The molecule has 6 atom stereocenters. The van der Waals surface area contributed by atoms with Crippen molar-refractivity contribution >= 4 is 23.7 Å². The molecule has 7 nitrogen and oxygen atoms in total. The van der Waals surface area contributed by atoms with Gasteiger partial charge >= 0.3 is 5.97 Å². The van der Waals surface area contributed by atoms with Crippen LogP contribution in [0.25, 0.3) is 0 Å². The predicted molar refractivity (Wildman–Crippen MR) is 103 cm³/mol. The molecule has 154 valence electrons. The molecule has 1 saturated heterocycles. The lowest BCUT2D eigenvalue weighted by Crippen LogP contribution is -2.46. The molecule has 4 rings (SSSR count). The number of hydrogen-bond donors (Lipinski definition) is 1. The molecule has 2 bridgehead atoms. The fraction of sp³-hybridized carbons (Fsp3) is 0.545. The standard InChI is InChI=1S/C22H26N2O5/c1-12(14-6-4-3-5-7-14)23-17(25)11-29-22(28)13(2)24-20(26)18-15-8-9-16(10-15)19(18)21(24)27/h3-7,12-13,15-16,18-19H,8-11H2,1-2H3,(H,23,25)/t12-,13+,15-,16-,18-,19+/m0/s1. The van der Waals surface area contributed by atoms with E-state index in [2.05, 4.69) is 5.32 Å². The number of nitrogens with zero attached hydrogens (tertiary/aromatic N) is 1. The van der Waals surface area contributed by atoms with Crippen molar-refractivity contribution in [3.05, 3.63) is 35.9 Å². The Hall–Kier alpha value is -2.70. The largest absolute Gasteiger partial charge is 0.454 e. The van der Waals surface area contributed by atoms with Crippen molar-refractivity contribution < 1.29 is 23.9 Å². The van der Waals surface area contributed by atoms with E-state index in [1.807, 2.05) is 37.3 Å². The van der Waals surface area contributed by atoms with E-state index in [1.54, 1.807) is 0 Å². The molecule has 2 aliphatic carbocycles. The fourth-order valence-electron chi connectivity index (χ4n) is 5.28. The lowest BCUT2D eigenvalue weighted by molar-refractivity contribution is -0.160. The summed E-state index contributed by atoms with van der Waals surface area (Å²) in [5, 5.41) is 2.77. The average Bonchev–Trinajstić information content (AvgIpc) is 3.40. The summed E-state index contributed by atoms with van der Waals surface area (Å²) >= 11 is 0. The van der Waals surface area contributed by atoms with Crippen LogP contribution in [0.3, 0.4) is 0 Å². The van der Waals surface area contributed by atoms with Crippen LogP contribution in [0.1, 0.15) is 44.7 Å². The zero-order chi connectivity index (χ0) is 20.7. The van der Waals surface area contributed by atoms with Gasteiger partial charge in [0.2, 0.25) is 11.8 Å². The van der Waals surface area contributed by atoms with Crippen molar-refractivity contribution in [1.82, 2.24) is 10.2 Å². The van der Waals surface area contributed by atoms with Crippen LogP contribution in [-0.4, -0.2) is 41.2 Å². The number of imide groups is 1. The second-order valence-corrected chi connectivity index (χ2v) is 8.41. The van der Waals surface area contributed by atoms with Gasteiger partial charge in [0, 0.05) is 0 Å². The summed E-state index contributed by atoms with van der Waals surface area (Å²) in [4.78, 5) is 51.2. The Morgan fingerprint density at radius 2 is 1.66 bits per heavy atom. The Kier molecular flexibility index (Phi) is 5.15. The van der Waals surface area contributed by atoms with E-state index in [4.69, 9.17) is 4.74 Å². The van der Waals surface area contributed by atoms with Crippen molar-refractivity contribution in [3.8, 4) is 0 Å². The molecule has 0 aromatic heterocycles. The Bertz CT molecular complexity index is 811. The Morgan fingerprint density at radius 3 is 2.24 bits per heavy atom. The second kappa shape index (κ2) is 7.61. The quantitative estimate of drug-likeness (QED) is 0.583. The first-order valence-electron chi connectivity index (χ1n) is 10.3. The van der Waals surface area contributed by atoms with Crippen LogP contribution < -0.4 is 5.32 Å². The van der Waals surface area contributed by atoms with Crippen molar-refractivity contribution in [2.45, 2.75) is 45.2 Å². The second-order valence-electron chi connectivity index (χ2n) is 8.41.